The van der Waals surface area contributed by atoms with Crippen molar-refractivity contribution in [2.75, 3.05) is 35.0 Å². The topological polar surface area (TPSA) is 57.2 Å². The van der Waals surface area contributed by atoms with Crippen LogP contribution in [0, 0.1) is 0 Å². The van der Waals surface area contributed by atoms with Crippen LogP contribution >= 0.6 is 0 Å². The Hall–Kier alpha value is -2.92. The zero-order valence-electron chi connectivity index (χ0n) is 16.7. The van der Waals surface area contributed by atoms with Crippen LogP contribution in [0.3, 0.4) is 0 Å². The Balaban J connectivity index is 2.24. The highest BCUT2D eigenvalue weighted by Crippen LogP contribution is 2.43. The lowest BCUT2D eigenvalue weighted by Crippen LogP contribution is -1.98. The first-order valence-corrected chi connectivity index (χ1v) is 9.18. The zero-order valence-corrected chi connectivity index (χ0v) is 16.7. The van der Waals surface area contributed by atoms with Crippen LogP contribution in [-0.2, 0) is 6.42 Å². The molecular formula is C23H26O5. The molecule has 0 saturated heterocycles. The Labute approximate surface area is 165 Å². The Kier molecular flexibility index (Phi) is 6.26. The quantitative estimate of drug-likeness (QED) is 0.623. The summed E-state index contributed by atoms with van der Waals surface area (Å²) in [6.07, 6.45) is 1.43. The number of aliphatic hydroxyl groups excluding tert-OH is 1. The molecule has 5 nitrogen and oxygen atoms in total. The molecule has 0 aliphatic carbocycles. The molecule has 0 amide bonds. The van der Waals surface area contributed by atoms with Gasteiger partial charge in [-0.15, -0.1) is 0 Å². The normalized spacial score (nSPS) is 10.8. The van der Waals surface area contributed by atoms with Crippen LogP contribution in [0.15, 0.2) is 42.5 Å². The van der Waals surface area contributed by atoms with Gasteiger partial charge in [0, 0.05) is 12.2 Å². The highest BCUT2D eigenvalue weighted by Gasteiger charge is 2.17. The van der Waals surface area contributed by atoms with E-state index >= 15 is 0 Å². The van der Waals surface area contributed by atoms with Gasteiger partial charge in [-0.25, -0.2) is 0 Å². The number of aryl methyl sites for hydroxylation is 1. The van der Waals surface area contributed by atoms with Crippen LogP contribution in [0.25, 0.3) is 21.9 Å². The van der Waals surface area contributed by atoms with Gasteiger partial charge in [0.05, 0.1) is 28.4 Å². The first kappa shape index (κ1) is 19.8. The number of aliphatic hydroxyl groups is 1. The molecule has 0 atom stereocenters. The molecule has 0 saturated carbocycles. The molecule has 0 aliphatic rings. The second kappa shape index (κ2) is 8.85. The fourth-order valence-corrected chi connectivity index (χ4v) is 3.59. The minimum Gasteiger partial charge on any atom is -0.496 e. The second-order valence-electron chi connectivity index (χ2n) is 6.39. The van der Waals surface area contributed by atoms with Crippen molar-refractivity contribution in [2.24, 2.45) is 0 Å². The van der Waals surface area contributed by atoms with Gasteiger partial charge in [-0.1, -0.05) is 24.3 Å². The van der Waals surface area contributed by atoms with Gasteiger partial charge >= 0.3 is 0 Å². The zero-order chi connectivity index (χ0) is 20.1. The van der Waals surface area contributed by atoms with Gasteiger partial charge in [-0.3, -0.25) is 0 Å². The van der Waals surface area contributed by atoms with E-state index < -0.39 is 0 Å². The standard InChI is InChI=1S/C23H26O5/c1-25-20-11-10-18-16(7-5-8-17(18)19(20)9-6-12-24)15-13-21(26-2)23(28-4)22(14-15)27-3/h5,7-8,10-11,13-14,24H,6,9,12H2,1-4H3. The maximum absolute atomic E-state index is 9.28. The smallest absolute Gasteiger partial charge is 0.203 e. The number of hydrogen-bond donors (Lipinski definition) is 1. The van der Waals surface area contributed by atoms with E-state index in [1.54, 1.807) is 28.4 Å². The van der Waals surface area contributed by atoms with Gasteiger partial charge in [0.2, 0.25) is 5.75 Å². The van der Waals surface area contributed by atoms with Crippen molar-refractivity contribution < 1.29 is 24.1 Å². The third-order valence-electron chi connectivity index (χ3n) is 4.91. The molecule has 0 spiro atoms. The molecule has 1 N–H and O–H groups in total. The number of methoxy groups -OCH3 is 4. The second-order valence-corrected chi connectivity index (χ2v) is 6.39. The fourth-order valence-electron chi connectivity index (χ4n) is 3.59. The van der Waals surface area contributed by atoms with Crippen LogP contribution in [0.2, 0.25) is 0 Å². The maximum atomic E-state index is 9.28. The highest BCUT2D eigenvalue weighted by molar-refractivity contribution is 6.00. The number of rotatable bonds is 8. The predicted octanol–water partition coefficient (Wildman–Crippen LogP) is 4.47. The van der Waals surface area contributed by atoms with E-state index in [0.717, 1.165) is 39.6 Å². The van der Waals surface area contributed by atoms with Crippen molar-refractivity contribution >= 4 is 10.8 Å². The molecule has 5 heteroatoms. The van der Waals surface area contributed by atoms with Crippen molar-refractivity contribution in [3.63, 3.8) is 0 Å². The van der Waals surface area contributed by atoms with Crippen molar-refractivity contribution in [1.29, 1.82) is 0 Å². The molecule has 0 aromatic heterocycles. The molecule has 0 bridgehead atoms. The maximum Gasteiger partial charge on any atom is 0.203 e. The minimum atomic E-state index is 0.145. The van der Waals surface area contributed by atoms with E-state index in [1.807, 2.05) is 24.3 Å². The van der Waals surface area contributed by atoms with Crippen LogP contribution in [0.4, 0.5) is 0 Å². The lowest BCUT2D eigenvalue weighted by atomic mass is 9.93. The third kappa shape index (κ3) is 3.58. The van der Waals surface area contributed by atoms with Gasteiger partial charge in [-0.2, -0.15) is 0 Å². The molecule has 148 valence electrons. The molecule has 3 aromatic rings. The first-order chi connectivity index (χ1) is 13.7. The largest absolute Gasteiger partial charge is 0.496 e. The van der Waals surface area contributed by atoms with Crippen LogP contribution in [0.5, 0.6) is 23.0 Å². The van der Waals surface area contributed by atoms with E-state index in [-0.39, 0.29) is 6.61 Å². The summed E-state index contributed by atoms with van der Waals surface area (Å²) in [7, 11) is 6.49. The van der Waals surface area contributed by atoms with Crippen molar-refractivity contribution in [3.8, 4) is 34.1 Å². The average Bonchev–Trinajstić information content (AvgIpc) is 2.75. The summed E-state index contributed by atoms with van der Waals surface area (Å²) < 4.78 is 22.0. The molecule has 0 radical (unpaired) electrons. The predicted molar refractivity (Wildman–Crippen MR) is 111 cm³/mol. The molecule has 3 aromatic carbocycles. The summed E-state index contributed by atoms with van der Waals surface area (Å²) in [6, 6.07) is 14.1. The lowest BCUT2D eigenvalue weighted by molar-refractivity contribution is 0.288. The summed E-state index contributed by atoms with van der Waals surface area (Å²) in [5, 5.41) is 11.5. The summed E-state index contributed by atoms with van der Waals surface area (Å²) in [4.78, 5) is 0. The van der Waals surface area contributed by atoms with Crippen molar-refractivity contribution in [2.45, 2.75) is 12.8 Å². The van der Waals surface area contributed by atoms with E-state index in [9.17, 15) is 5.11 Å². The minimum absolute atomic E-state index is 0.145. The number of fused-ring (bicyclic) bond motifs is 1. The van der Waals surface area contributed by atoms with Crippen LogP contribution in [-0.4, -0.2) is 40.2 Å². The monoisotopic (exact) mass is 382 g/mol. The Morgan fingerprint density at radius 2 is 1.43 bits per heavy atom. The molecule has 28 heavy (non-hydrogen) atoms. The summed E-state index contributed by atoms with van der Waals surface area (Å²) in [5.74, 6) is 2.63. The van der Waals surface area contributed by atoms with Crippen molar-refractivity contribution in [3.05, 3.63) is 48.0 Å². The van der Waals surface area contributed by atoms with Crippen molar-refractivity contribution in [1.82, 2.24) is 0 Å². The number of benzene rings is 3. The Bertz CT molecular complexity index is 940. The average molecular weight is 382 g/mol. The van der Waals surface area contributed by atoms with E-state index in [0.29, 0.717) is 23.7 Å². The molecular weight excluding hydrogens is 356 g/mol. The van der Waals surface area contributed by atoms with Crippen LogP contribution < -0.4 is 18.9 Å². The molecule has 0 aliphatic heterocycles. The third-order valence-corrected chi connectivity index (χ3v) is 4.91. The number of hydrogen-bond acceptors (Lipinski definition) is 5. The molecule has 0 fully saturated rings. The SMILES string of the molecule is COc1cc(-c2cccc3c(CCCO)c(OC)ccc23)cc(OC)c1OC. The van der Waals surface area contributed by atoms with E-state index in [1.165, 1.54) is 0 Å². The van der Waals surface area contributed by atoms with E-state index in [4.69, 9.17) is 18.9 Å². The van der Waals surface area contributed by atoms with Gasteiger partial charge in [0.1, 0.15) is 5.75 Å². The van der Waals surface area contributed by atoms with Crippen LogP contribution in [0.1, 0.15) is 12.0 Å². The molecule has 0 unspecified atom stereocenters. The molecule has 3 rings (SSSR count). The first-order valence-electron chi connectivity index (χ1n) is 9.18. The van der Waals surface area contributed by atoms with E-state index in [2.05, 4.69) is 18.2 Å². The van der Waals surface area contributed by atoms with Gasteiger partial charge in [-0.05, 0) is 52.9 Å². The Morgan fingerprint density at radius 3 is 2.00 bits per heavy atom. The summed E-state index contributed by atoms with van der Waals surface area (Å²) >= 11 is 0. The highest BCUT2D eigenvalue weighted by atomic mass is 16.5. The molecule has 0 heterocycles. The van der Waals surface area contributed by atoms with Gasteiger partial charge in [0.15, 0.2) is 11.5 Å². The lowest BCUT2D eigenvalue weighted by Gasteiger charge is -2.17. The van der Waals surface area contributed by atoms with Gasteiger partial charge in [0.25, 0.3) is 0 Å². The Morgan fingerprint density at radius 1 is 0.750 bits per heavy atom. The number of ether oxygens (including phenoxy) is 4. The summed E-state index contributed by atoms with van der Waals surface area (Å²) in [6.45, 7) is 0.145. The van der Waals surface area contributed by atoms with Gasteiger partial charge < -0.3 is 24.1 Å². The fraction of sp³-hybridized carbons (Fsp3) is 0.304. The summed E-state index contributed by atoms with van der Waals surface area (Å²) in [5.41, 5.74) is 3.13.